The summed E-state index contributed by atoms with van der Waals surface area (Å²) in [4.78, 5) is 21.7. The molecule has 98 valence electrons. The zero-order valence-electron chi connectivity index (χ0n) is 10.9. The molecule has 2 rings (SSSR count). The van der Waals surface area contributed by atoms with Crippen LogP contribution in [0.25, 0.3) is 0 Å². The Bertz CT molecular complexity index is 414. The predicted octanol–water partition coefficient (Wildman–Crippen LogP) is 1.56. The molecule has 1 aromatic rings. The van der Waals surface area contributed by atoms with Gasteiger partial charge in [0.25, 0.3) is 0 Å². The summed E-state index contributed by atoms with van der Waals surface area (Å²) >= 11 is 0. The Hall–Kier alpha value is -1.65. The molecule has 1 aliphatic heterocycles. The fourth-order valence-corrected chi connectivity index (χ4v) is 2.12. The summed E-state index contributed by atoms with van der Waals surface area (Å²) < 4.78 is 5.81. The minimum Gasteiger partial charge on any atom is -0.474 e. The monoisotopic (exact) mass is 249 g/mol. The van der Waals surface area contributed by atoms with Gasteiger partial charge in [-0.1, -0.05) is 6.92 Å². The standard InChI is InChI=1S/C13H19N3O2/c1-3-13(17)16-8-5-11(6-9-16)18-12-4-7-14-10(2)15-12/h4,7,11H,3,5-6,8-9H2,1-2H3. The maximum Gasteiger partial charge on any atom is 0.222 e. The summed E-state index contributed by atoms with van der Waals surface area (Å²) in [6.07, 6.45) is 4.17. The smallest absolute Gasteiger partial charge is 0.222 e. The van der Waals surface area contributed by atoms with Gasteiger partial charge in [0.15, 0.2) is 0 Å². The van der Waals surface area contributed by atoms with Gasteiger partial charge in [0.2, 0.25) is 11.8 Å². The molecule has 0 atom stereocenters. The van der Waals surface area contributed by atoms with E-state index in [0.717, 1.165) is 25.9 Å². The molecule has 0 aliphatic carbocycles. The molecule has 1 aromatic heterocycles. The number of hydrogen-bond donors (Lipinski definition) is 0. The maximum absolute atomic E-state index is 11.5. The lowest BCUT2D eigenvalue weighted by molar-refractivity contribution is -0.132. The van der Waals surface area contributed by atoms with Crippen LogP contribution in [0.1, 0.15) is 32.0 Å². The largest absolute Gasteiger partial charge is 0.474 e. The van der Waals surface area contributed by atoms with Crippen molar-refractivity contribution in [2.75, 3.05) is 13.1 Å². The molecule has 0 unspecified atom stereocenters. The second kappa shape index (κ2) is 5.80. The molecular weight excluding hydrogens is 230 g/mol. The molecule has 0 bridgehead atoms. The van der Waals surface area contributed by atoms with Crippen molar-refractivity contribution in [3.8, 4) is 5.88 Å². The fourth-order valence-electron chi connectivity index (χ4n) is 2.12. The summed E-state index contributed by atoms with van der Waals surface area (Å²) in [5.74, 6) is 1.57. The van der Waals surface area contributed by atoms with E-state index < -0.39 is 0 Å². The first-order chi connectivity index (χ1) is 8.69. The summed E-state index contributed by atoms with van der Waals surface area (Å²) in [5.41, 5.74) is 0. The normalized spacial score (nSPS) is 16.7. The van der Waals surface area contributed by atoms with Gasteiger partial charge >= 0.3 is 0 Å². The lowest BCUT2D eigenvalue weighted by Crippen LogP contribution is -2.41. The number of carbonyl (C=O) groups is 1. The van der Waals surface area contributed by atoms with Gasteiger partial charge in [-0.15, -0.1) is 0 Å². The molecule has 1 fully saturated rings. The molecule has 2 heterocycles. The molecule has 0 aromatic carbocycles. The van der Waals surface area contributed by atoms with E-state index in [2.05, 4.69) is 9.97 Å². The highest BCUT2D eigenvalue weighted by molar-refractivity contribution is 5.75. The molecule has 5 nitrogen and oxygen atoms in total. The summed E-state index contributed by atoms with van der Waals surface area (Å²) in [5, 5.41) is 0. The quantitative estimate of drug-likeness (QED) is 0.816. The van der Waals surface area contributed by atoms with Crippen LogP contribution < -0.4 is 4.74 Å². The van der Waals surface area contributed by atoms with E-state index in [9.17, 15) is 4.79 Å². The third-order valence-electron chi connectivity index (χ3n) is 3.14. The van der Waals surface area contributed by atoms with Gasteiger partial charge < -0.3 is 9.64 Å². The second-order valence-corrected chi connectivity index (χ2v) is 4.49. The van der Waals surface area contributed by atoms with Gasteiger partial charge in [-0.05, 0) is 6.92 Å². The van der Waals surface area contributed by atoms with Crippen LogP contribution in [0, 0.1) is 6.92 Å². The van der Waals surface area contributed by atoms with Crippen LogP contribution in [0.4, 0.5) is 0 Å². The number of carbonyl (C=O) groups excluding carboxylic acids is 1. The van der Waals surface area contributed by atoms with Crippen molar-refractivity contribution >= 4 is 5.91 Å². The lowest BCUT2D eigenvalue weighted by Gasteiger charge is -2.31. The van der Waals surface area contributed by atoms with Crippen LogP contribution >= 0.6 is 0 Å². The Morgan fingerprint density at radius 2 is 2.22 bits per heavy atom. The van der Waals surface area contributed by atoms with Crippen LogP contribution in [-0.4, -0.2) is 40.0 Å². The number of aromatic nitrogens is 2. The van der Waals surface area contributed by atoms with E-state index >= 15 is 0 Å². The number of piperidine rings is 1. The Labute approximate surface area is 107 Å². The van der Waals surface area contributed by atoms with Crippen molar-refractivity contribution in [1.29, 1.82) is 0 Å². The SMILES string of the molecule is CCC(=O)N1CCC(Oc2ccnc(C)n2)CC1. The van der Waals surface area contributed by atoms with Crippen LogP contribution in [0.15, 0.2) is 12.3 Å². The highest BCUT2D eigenvalue weighted by atomic mass is 16.5. The number of likely N-dealkylation sites (tertiary alicyclic amines) is 1. The molecule has 1 amide bonds. The number of rotatable bonds is 3. The van der Waals surface area contributed by atoms with Gasteiger partial charge in [0.1, 0.15) is 11.9 Å². The van der Waals surface area contributed by atoms with Crippen LogP contribution in [0.3, 0.4) is 0 Å². The number of nitrogens with zero attached hydrogens (tertiary/aromatic N) is 3. The highest BCUT2D eigenvalue weighted by Gasteiger charge is 2.23. The molecule has 0 radical (unpaired) electrons. The van der Waals surface area contributed by atoms with E-state index in [-0.39, 0.29) is 12.0 Å². The van der Waals surface area contributed by atoms with E-state index in [1.807, 2.05) is 18.7 Å². The molecule has 18 heavy (non-hydrogen) atoms. The zero-order chi connectivity index (χ0) is 13.0. The van der Waals surface area contributed by atoms with Crippen LogP contribution in [-0.2, 0) is 4.79 Å². The van der Waals surface area contributed by atoms with Gasteiger partial charge in [-0.25, -0.2) is 4.98 Å². The lowest BCUT2D eigenvalue weighted by atomic mass is 10.1. The molecule has 0 saturated carbocycles. The average Bonchev–Trinajstić information content (AvgIpc) is 2.39. The van der Waals surface area contributed by atoms with Crippen LogP contribution in [0.2, 0.25) is 0 Å². The van der Waals surface area contributed by atoms with Crippen LogP contribution in [0.5, 0.6) is 5.88 Å². The minimum atomic E-state index is 0.153. The highest BCUT2D eigenvalue weighted by Crippen LogP contribution is 2.17. The summed E-state index contributed by atoms with van der Waals surface area (Å²) in [7, 11) is 0. The van der Waals surface area contributed by atoms with Crippen molar-refractivity contribution in [1.82, 2.24) is 14.9 Å². The number of amides is 1. The first-order valence-electron chi connectivity index (χ1n) is 6.43. The first kappa shape index (κ1) is 12.8. The number of aryl methyl sites for hydroxylation is 1. The fraction of sp³-hybridized carbons (Fsp3) is 0.615. The molecular formula is C13H19N3O2. The maximum atomic E-state index is 11.5. The van der Waals surface area contributed by atoms with E-state index in [4.69, 9.17) is 4.74 Å². The molecule has 1 saturated heterocycles. The van der Waals surface area contributed by atoms with E-state index in [1.165, 1.54) is 0 Å². The topological polar surface area (TPSA) is 55.3 Å². The van der Waals surface area contributed by atoms with Gasteiger partial charge in [0.05, 0.1) is 0 Å². The Morgan fingerprint density at radius 3 is 2.83 bits per heavy atom. The van der Waals surface area contributed by atoms with Crippen molar-refractivity contribution < 1.29 is 9.53 Å². The van der Waals surface area contributed by atoms with Gasteiger partial charge in [-0.3, -0.25) is 4.79 Å². The Morgan fingerprint density at radius 1 is 1.50 bits per heavy atom. The van der Waals surface area contributed by atoms with Crippen molar-refractivity contribution in [3.63, 3.8) is 0 Å². The van der Waals surface area contributed by atoms with Gasteiger partial charge in [0, 0.05) is 44.6 Å². The molecule has 5 heteroatoms. The van der Waals surface area contributed by atoms with Crippen molar-refractivity contribution in [2.45, 2.75) is 39.2 Å². The first-order valence-corrected chi connectivity index (χ1v) is 6.43. The number of ether oxygens (including phenoxy) is 1. The van der Waals surface area contributed by atoms with E-state index in [1.54, 1.807) is 12.3 Å². The zero-order valence-corrected chi connectivity index (χ0v) is 10.9. The second-order valence-electron chi connectivity index (χ2n) is 4.49. The average molecular weight is 249 g/mol. The van der Waals surface area contributed by atoms with Gasteiger partial charge in [-0.2, -0.15) is 4.98 Å². The molecule has 1 aliphatic rings. The molecule has 0 N–H and O–H groups in total. The third-order valence-corrected chi connectivity index (χ3v) is 3.14. The van der Waals surface area contributed by atoms with Crippen molar-refractivity contribution in [2.24, 2.45) is 0 Å². The minimum absolute atomic E-state index is 0.153. The predicted molar refractivity (Wildman–Crippen MR) is 67.3 cm³/mol. The molecule has 0 spiro atoms. The third kappa shape index (κ3) is 3.18. The Balaban J connectivity index is 1.85. The number of hydrogen-bond acceptors (Lipinski definition) is 4. The van der Waals surface area contributed by atoms with Crippen molar-refractivity contribution in [3.05, 3.63) is 18.1 Å². The summed E-state index contributed by atoms with van der Waals surface area (Å²) in [6.45, 7) is 5.30. The Kier molecular flexibility index (Phi) is 4.12. The summed E-state index contributed by atoms with van der Waals surface area (Å²) in [6, 6.07) is 1.77. The van der Waals surface area contributed by atoms with E-state index in [0.29, 0.717) is 18.1 Å².